The minimum absolute atomic E-state index is 0.135. The number of nitrogens with one attached hydrogen (secondary N) is 1. The maximum absolute atomic E-state index is 12.6. The number of H-pyrrole nitrogens is 1. The molecule has 1 aromatic heterocycles. The highest BCUT2D eigenvalue weighted by atomic mass is 16.5. The maximum Gasteiger partial charge on any atom is 0.308 e. The fraction of sp³-hybridized carbons (Fsp3) is 0.160. The van der Waals surface area contributed by atoms with Gasteiger partial charge in [0.05, 0.1) is 13.0 Å². The molecule has 0 spiro atoms. The molecule has 3 atom stereocenters. The van der Waals surface area contributed by atoms with Crippen molar-refractivity contribution >= 4 is 16.9 Å². The number of hydrogen-bond donors (Lipinski definition) is 3. The summed E-state index contributed by atoms with van der Waals surface area (Å²) >= 11 is 0. The van der Waals surface area contributed by atoms with E-state index >= 15 is 0 Å². The average molecular weight is 399 g/mol. The molecule has 0 saturated carbocycles. The first-order valence-electron chi connectivity index (χ1n) is 9.84. The third-order valence-corrected chi connectivity index (χ3v) is 6.18. The van der Waals surface area contributed by atoms with Crippen molar-refractivity contribution in [1.29, 1.82) is 0 Å². The number of aliphatic carboxylic acids is 1. The zero-order valence-electron chi connectivity index (χ0n) is 16.4. The smallest absolute Gasteiger partial charge is 0.308 e. The van der Waals surface area contributed by atoms with E-state index < -0.39 is 11.9 Å². The quantitative estimate of drug-likeness (QED) is 0.458. The number of hydrogen-bond acceptors (Lipinski definition) is 3. The van der Waals surface area contributed by atoms with Gasteiger partial charge in [-0.2, -0.15) is 0 Å². The molecule has 3 N–H and O–H groups in total. The first kappa shape index (κ1) is 18.3. The molecule has 0 amide bonds. The summed E-state index contributed by atoms with van der Waals surface area (Å²) in [5.74, 6) is -1.42. The van der Waals surface area contributed by atoms with Gasteiger partial charge in [-0.25, -0.2) is 0 Å². The lowest BCUT2D eigenvalue weighted by Gasteiger charge is -2.22. The van der Waals surface area contributed by atoms with Crippen LogP contribution in [0.15, 0.2) is 72.9 Å². The number of phenols is 1. The summed E-state index contributed by atoms with van der Waals surface area (Å²) in [4.78, 5) is 15.9. The number of carbonyl (C=O) groups is 1. The minimum atomic E-state index is -0.859. The van der Waals surface area contributed by atoms with Gasteiger partial charge in [-0.1, -0.05) is 36.4 Å². The number of para-hydroxylation sites is 1. The van der Waals surface area contributed by atoms with Crippen molar-refractivity contribution in [3.05, 3.63) is 95.2 Å². The summed E-state index contributed by atoms with van der Waals surface area (Å²) in [6.07, 6.45) is 1.91. The highest BCUT2D eigenvalue weighted by Crippen LogP contribution is 2.54. The van der Waals surface area contributed by atoms with Crippen LogP contribution in [0.4, 0.5) is 0 Å². The number of aromatic nitrogens is 1. The highest BCUT2D eigenvalue weighted by Gasteiger charge is 2.47. The van der Waals surface area contributed by atoms with Gasteiger partial charge in [0, 0.05) is 28.9 Å². The molecule has 1 aliphatic rings. The van der Waals surface area contributed by atoms with Crippen LogP contribution in [0.5, 0.6) is 11.5 Å². The van der Waals surface area contributed by atoms with Crippen molar-refractivity contribution in [2.75, 3.05) is 7.11 Å². The molecule has 3 unspecified atom stereocenters. The molecule has 150 valence electrons. The second kappa shape index (κ2) is 6.95. The van der Waals surface area contributed by atoms with E-state index in [4.69, 9.17) is 4.74 Å². The van der Waals surface area contributed by atoms with Gasteiger partial charge in [0.2, 0.25) is 0 Å². The number of methoxy groups -OCH3 is 1. The van der Waals surface area contributed by atoms with Crippen LogP contribution in [-0.2, 0) is 4.79 Å². The van der Waals surface area contributed by atoms with Crippen LogP contribution >= 0.6 is 0 Å². The number of phenolic OH excluding ortho intramolecular Hbond substituents is 1. The van der Waals surface area contributed by atoms with E-state index in [-0.39, 0.29) is 17.6 Å². The molecular weight excluding hydrogens is 378 g/mol. The van der Waals surface area contributed by atoms with Gasteiger partial charge in [-0.3, -0.25) is 4.79 Å². The predicted octanol–water partition coefficient (Wildman–Crippen LogP) is 4.86. The van der Waals surface area contributed by atoms with E-state index in [2.05, 4.69) is 4.98 Å². The van der Waals surface area contributed by atoms with Crippen molar-refractivity contribution in [3.8, 4) is 11.5 Å². The van der Waals surface area contributed by atoms with Crippen LogP contribution in [0.3, 0.4) is 0 Å². The Morgan fingerprint density at radius 3 is 2.43 bits per heavy atom. The summed E-state index contributed by atoms with van der Waals surface area (Å²) in [7, 11) is 1.60. The lowest BCUT2D eigenvalue weighted by Crippen LogP contribution is -2.23. The molecule has 4 aromatic rings. The second-order valence-electron chi connectivity index (χ2n) is 7.70. The molecule has 5 rings (SSSR count). The molecule has 0 bridgehead atoms. The number of carboxylic acid groups (broad SMARTS) is 1. The fourth-order valence-corrected chi connectivity index (χ4v) is 4.89. The Kier molecular flexibility index (Phi) is 4.24. The Morgan fingerprint density at radius 2 is 1.70 bits per heavy atom. The van der Waals surface area contributed by atoms with E-state index in [0.29, 0.717) is 5.75 Å². The van der Waals surface area contributed by atoms with Crippen LogP contribution in [0.2, 0.25) is 0 Å². The van der Waals surface area contributed by atoms with Gasteiger partial charge in [0.1, 0.15) is 11.5 Å². The van der Waals surface area contributed by atoms with Crippen LogP contribution in [0, 0.1) is 5.92 Å². The second-order valence-corrected chi connectivity index (χ2v) is 7.70. The molecular formula is C25H21NO4. The van der Waals surface area contributed by atoms with E-state index in [9.17, 15) is 15.0 Å². The number of aromatic hydroxyl groups is 1. The Balaban J connectivity index is 1.74. The summed E-state index contributed by atoms with van der Waals surface area (Å²) in [5, 5.41) is 21.5. The fourth-order valence-electron chi connectivity index (χ4n) is 4.89. The highest BCUT2D eigenvalue weighted by molar-refractivity contribution is 5.87. The molecule has 30 heavy (non-hydrogen) atoms. The van der Waals surface area contributed by atoms with Crippen molar-refractivity contribution in [3.63, 3.8) is 0 Å². The zero-order valence-corrected chi connectivity index (χ0v) is 16.4. The van der Waals surface area contributed by atoms with Crippen molar-refractivity contribution < 1.29 is 19.7 Å². The van der Waals surface area contributed by atoms with Gasteiger partial charge in [0.15, 0.2) is 0 Å². The Hall–Kier alpha value is -3.73. The normalized spacial score (nSPS) is 20.2. The van der Waals surface area contributed by atoms with Gasteiger partial charge in [-0.05, 0) is 52.6 Å². The van der Waals surface area contributed by atoms with Crippen LogP contribution < -0.4 is 4.74 Å². The summed E-state index contributed by atoms with van der Waals surface area (Å²) < 4.78 is 5.26. The molecule has 3 aromatic carbocycles. The number of fused-ring (bicyclic) bond motifs is 2. The maximum atomic E-state index is 12.6. The van der Waals surface area contributed by atoms with Crippen LogP contribution in [0.1, 0.15) is 34.1 Å². The Morgan fingerprint density at radius 1 is 0.933 bits per heavy atom. The van der Waals surface area contributed by atoms with Gasteiger partial charge in [0.25, 0.3) is 0 Å². The molecule has 0 saturated heterocycles. The molecule has 5 heteroatoms. The lowest BCUT2D eigenvalue weighted by atomic mass is 9.79. The summed E-state index contributed by atoms with van der Waals surface area (Å²) in [6.45, 7) is 0. The van der Waals surface area contributed by atoms with Crippen LogP contribution in [-0.4, -0.2) is 28.3 Å². The standard InChI is InChI=1S/C25H21NO4/c1-30-16-9-6-14(7-10-16)22-19-12-15(27)8-11-18(19)23(24(22)25(28)29)20-13-26-21-5-3-2-4-17(20)21/h2-13,22-24,26-27H,1H3,(H,28,29). The third-order valence-electron chi connectivity index (χ3n) is 6.18. The molecule has 5 nitrogen and oxygen atoms in total. The minimum Gasteiger partial charge on any atom is -0.508 e. The van der Waals surface area contributed by atoms with Crippen molar-refractivity contribution in [2.24, 2.45) is 5.92 Å². The Labute approximate surface area is 173 Å². The van der Waals surface area contributed by atoms with E-state index in [0.717, 1.165) is 33.2 Å². The monoisotopic (exact) mass is 399 g/mol. The SMILES string of the molecule is COc1ccc(C2c3cc(O)ccc3C(c3c[nH]c4ccccc34)C2C(=O)O)cc1. The van der Waals surface area contributed by atoms with Gasteiger partial charge >= 0.3 is 5.97 Å². The first-order valence-corrected chi connectivity index (χ1v) is 9.84. The molecule has 0 aliphatic heterocycles. The van der Waals surface area contributed by atoms with E-state index in [1.54, 1.807) is 19.2 Å². The first-order chi connectivity index (χ1) is 14.6. The summed E-state index contributed by atoms with van der Waals surface area (Å²) in [5.41, 5.74) is 4.61. The van der Waals surface area contributed by atoms with Gasteiger partial charge in [-0.15, -0.1) is 0 Å². The Bertz CT molecular complexity index is 1240. The molecule has 0 radical (unpaired) electrons. The molecule has 1 aliphatic carbocycles. The van der Waals surface area contributed by atoms with Crippen LogP contribution in [0.25, 0.3) is 10.9 Å². The zero-order chi connectivity index (χ0) is 20.8. The van der Waals surface area contributed by atoms with E-state index in [1.165, 1.54) is 0 Å². The predicted molar refractivity (Wildman–Crippen MR) is 114 cm³/mol. The number of aromatic amines is 1. The largest absolute Gasteiger partial charge is 0.508 e. The molecule has 1 heterocycles. The lowest BCUT2D eigenvalue weighted by molar-refractivity contribution is -0.142. The average Bonchev–Trinajstić information content (AvgIpc) is 3.32. The van der Waals surface area contributed by atoms with Crippen molar-refractivity contribution in [2.45, 2.75) is 11.8 Å². The topological polar surface area (TPSA) is 82.5 Å². The number of benzene rings is 3. The van der Waals surface area contributed by atoms with E-state index in [1.807, 2.05) is 60.8 Å². The number of rotatable bonds is 4. The summed E-state index contributed by atoms with van der Waals surface area (Å²) in [6, 6.07) is 20.6. The number of carboxylic acids is 1. The van der Waals surface area contributed by atoms with Crippen molar-refractivity contribution in [1.82, 2.24) is 4.98 Å². The molecule has 0 fully saturated rings. The number of ether oxygens (including phenoxy) is 1. The third kappa shape index (κ3) is 2.74. The van der Waals surface area contributed by atoms with Gasteiger partial charge < -0.3 is 19.9 Å².